The van der Waals surface area contributed by atoms with Crippen LogP contribution in [-0.2, 0) is 14.3 Å². The lowest BCUT2D eigenvalue weighted by atomic mass is 10.2. The van der Waals surface area contributed by atoms with Gasteiger partial charge >= 0.3 is 5.97 Å². The zero-order valence-electron chi connectivity index (χ0n) is 13.1. The summed E-state index contributed by atoms with van der Waals surface area (Å²) in [5.41, 5.74) is 1.45. The van der Waals surface area contributed by atoms with E-state index in [1.54, 1.807) is 17.5 Å². The Bertz CT molecular complexity index is 764. The van der Waals surface area contributed by atoms with Gasteiger partial charge in [0.05, 0.1) is 18.6 Å². The van der Waals surface area contributed by atoms with E-state index in [-0.39, 0.29) is 13.0 Å². The highest BCUT2D eigenvalue weighted by Crippen LogP contribution is 2.21. The molecule has 0 aliphatic carbocycles. The maximum atomic E-state index is 11.7. The molecule has 124 valence electrons. The van der Waals surface area contributed by atoms with E-state index in [0.29, 0.717) is 16.3 Å². The minimum Gasteiger partial charge on any atom is -0.493 e. The average Bonchev–Trinajstić information content (AvgIpc) is 3.00. The lowest BCUT2D eigenvalue weighted by molar-refractivity contribution is -0.147. The zero-order valence-corrected chi connectivity index (χ0v) is 13.9. The fourth-order valence-corrected chi connectivity index (χ4v) is 2.59. The van der Waals surface area contributed by atoms with E-state index in [1.807, 2.05) is 31.2 Å². The molecule has 1 aromatic heterocycles. The van der Waals surface area contributed by atoms with Crippen LogP contribution in [0.5, 0.6) is 5.75 Å². The van der Waals surface area contributed by atoms with E-state index in [9.17, 15) is 9.59 Å². The Morgan fingerprint density at radius 2 is 2.17 bits per heavy atom. The SMILES string of the molecule is Cc1cccc(OCCC(=O)OCC(=O)Nc2sccc2C#N)c1. The van der Waals surface area contributed by atoms with Crippen LogP contribution in [0.25, 0.3) is 0 Å². The molecule has 0 aliphatic rings. The van der Waals surface area contributed by atoms with Gasteiger partial charge in [-0.05, 0) is 36.1 Å². The number of aryl methyl sites for hydroxylation is 1. The van der Waals surface area contributed by atoms with Crippen molar-refractivity contribution < 1.29 is 19.1 Å². The molecule has 1 heterocycles. The molecule has 0 unspecified atom stereocenters. The first-order valence-corrected chi connectivity index (χ1v) is 8.09. The molecule has 6 nitrogen and oxygen atoms in total. The predicted octanol–water partition coefficient (Wildman–Crippen LogP) is 2.88. The molecule has 0 radical (unpaired) electrons. The second-order valence-electron chi connectivity index (χ2n) is 4.90. The van der Waals surface area contributed by atoms with Crippen LogP contribution >= 0.6 is 11.3 Å². The van der Waals surface area contributed by atoms with E-state index in [0.717, 1.165) is 5.56 Å². The minimum absolute atomic E-state index is 0.0453. The lowest BCUT2D eigenvalue weighted by Crippen LogP contribution is -2.21. The van der Waals surface area contributed by atoms with Gasteiger partial charge in [0.2, 0.25) is 0 Å². The normalized spacial score (nSPS) is 9.83. The first-order valence-electron chi connectivity index (χ1n) is 7.21. The first-order chi connectivity index (χ1) is 11.6. The quantitative estimate of drug-likeness (QED) is 0.780. The summed E-state index contributed by atoms with van der Waals surface area (Å²) in [5.74, 6) is -0.325. The molecule has 0 fully saturated rings. The van der Waals surface area contributed by atoms with Gasteiger partial charge in [-0.2, -0.15) is 5.26 Å². The highest BCUT2D eigenvalue weighted by molar-refractivity contribution is 7.14. The van der Waals surface area contributed by atoms with Crippen molar-refractivity contribution in [3.63, 3.8) is 0 Å². The number of hydrogen-bond acceptors (Lipinski definition) is 6. The number of anilines is 1. The highest BCUT2D eigenvalue weighted by Gasteiger charge is 2.11. The van der Waals surface area contributed by atoms with Crippen molar-refractivity contribution in [1.29, 1.82) is 5.26 Å². The Morgan fingerprint density at radius 1 is 1.33 bits per heavy atom. The third kappa shape index (κ3) is 5.41. The third-order valence-corrected chi connectivity index (χ3v) is 3.80. The number of amides is 1. The minimum atomic E-state index is -0.524. The zero-order chi connectivity index (χ0) is 17.4. The van der Waals surface area contributed by atoms with Gasteiger partial charge in [0.1, 0.15) is 16.8 Å². The molecule has 0 saturated carbocycles. The number of nitrogens with one attached hydrogen (secondary N) is 1. The van der Waals surface area contributed by atoms with Gasteiger partial charge in [0, 0.05) is 0 Å². The number of carbonyl (C=O) groups is 2. The molecule has 0 bridgehead atoms. The van der Waals surface area contributed by atoms with Crippen LogP contribution in [0.15, 0.2) is 35.7 Å². The molecular formula is C17H16N2O4S. The molecular weight excluding hydrogens is 328 g/mol. The van der Waals surface area contributed by atoms with Crippen molar-refractivity contribution in [2.75, 3.05) is 18.5 Å². The summed E-state index contributed by atoms with van der Waals surface area (Å²) in [6.45, 7) is 1.73. The van der Waals surface area contributed by atoms with Crippen LogP contribution in [0.2, 0.25) is 0 Å². The molecule has 24 heavy (non-hydrogen) atoms. The van der Waals surface area contributed by atoms with Gasteiger partial charge in [0.25, 0.3) is 5.91 Å². The summed E-state index contributed by atoms with van der Waals surface area (Å²) in [6.07, 6.45) is 0.0453. The number of hydrogen-bond donors (Lipinski definition) is 1. The van der Waals surface area contributed by atoms with Crippen molar-refractivity contribution in [1.82, 2.24) is 0 Å². The summed E-state index contributed by atoms with van der Waals surface area (Å²) in [4.78, 5) is 23.3. The number of esters is 1. The summed E-state index contributed by atoms with van der Waals surface area (Å²) < 4.78 is 10.3. The van der Waals surface area contributed by atoms with Crippen LogP contribution in [0, 0.1) is 18.3 Å². The number of benzene rings is 1. The summed E-state index contributed by atoms with van der Waals surface area (Å²) >= 11 is 1.23. The Hall–Kier alpha value is -2.85. The van der Waals surface area contributed by atoms with E-state index in [4.69, 9.17) is 14.7 Å². The molecule has 1 N–H and O–H groups in total. The van der Waals surface area contributed by atoms with Crippen LogP contribution < -0.4 is 10.1 Å². The molecule has 1 aromatic carbocycles. The number of nitrogens with zero attached hydrogens (tertiary/aromatic N) is 1. The van der Waals surface area contributed by atoms with Crippen molar-refractivity contribution in [2.24, 2.45) is 0 Å². The van der Waals surface area contributed by atoms with Crippen molar-refractivity contribution >= 4 is 28.2 Å². The number of rotatable bonds is 7. The van der Waals surface area contributed by atoms with E-state index in [1.165, 1.54) is 11.3 Å². The lowest BCUT2D eigenvalue weighted by Gasteiger charge is -2.07. The van der Waals surface area contributed by atoms with Crippen molar-refractivity contribution in [3.8, 4) is 11.8 Å². The average molecular weight is 344 g/mol. The molecule has 7 heteroatoms. The Balaban J connectivity index is 1.67. The molecule has 0 spiro atoms. The summed E-state index contributed by atoms with van der Waals surface area (Å²) in [7, 11) is 0. The molecule has 0 atom stereocenters. The fourth-order valence-electron chi connectivity index (χ4n) is 1.83. The fraction of sp³-hybridized carbons (Fsp3) is 0.235. The molecule has 0 aliphatic heterocycles. The van der Waals surface area contributed by atoms with Gasteiger partial charge in [-0.15, -0.1) is 11.3 Å². The van der Waals surface area contributed by atoms with Crippen LogP contribution in [0.3, 0.4) is 0 Å². The van der Waals surface area contributed by atoms with E-state index < -0.39 is 18.5 Å². The van der Waals surface area contributed by atoms with Gasteiger partial charge in [-0.1, -0.05) is 12.1 Å². The largest absolute Gasteiger partial charge is 0.493 e. The van der Waals surface area contributed by atoms with Gasteiger partial charge in [-0.3, -0.25) is 9.59 Å². The molecule has 2 aromatic rings. The second-order valence-corrected chi connectivity index (χ2v) is 5.82. The van der Waals surface area contributed by atoms with E-state index >= 15 is 0 Å². The van der Waals surface area contributed by atoms with Gasteiger partial charge in [0.15, 0.2) is 6.61 Å². The van der Waals surface area contributed by atoms with Crippen LogP contribution in [0.1, 0.15) is 17.5 Å². The third-order valence-electron chi connectivity index (χ3n) is 2.97. The van der Waals surface area contributed by atoms with Crippen molar-refractivity contribution in [3.05, 3.63) is 46.8 Å². The van der Waals surface area contributed by atoms with Crippen molar-refractivity contribution in [2.45, 2.75) is 13.3 Å². The number of nitriles is 1. The molecule has 0 saturated heterocycles. The standard InChI is InChI=1S/C17H16N2O4S/c1-12-3-2-4-14(9-12)22-7-5-16(21)23-11-15(20)19-17-13(10-18)6-8-24-17/h2-4,6,8-9H,5,7,11H2,1H3,(H,19,20). The summed E-state index contributed by atoms with van der Waals surface area (Å²) in [6, 6.07) is 11.1. The predicted molar refractivity (Wildman–Crippen MR) is 89.9 cm³/mol. The Kier molecular flexibility index (Phi) is 6.34. The maximum Gasteiger partial charge on any atom is 0.309 e. The smallest absolute Gasteiger partial charge is 0.309 e. The Morgan fingerprint density at radius 3 is 2.92 bits per heavy atom. The van der Waals surface area contributed by atoms with Crippen LogP contribution in [-0.4, -0.2) is 25.1 Å². The maximum absolute atomic E-state index is 11.7. The number of carbonyl (C=O) groups excluding carboxylic acids is 2. The van der Waals surface area contributed by atoms with Crippen LogP contribution in [0.4, 0.5) is 5.00 Å². The molecule has 2 rings (SSSR count). The topological polar surface area (TPSA) is 88.4 Å². The highest BCUT2D eigenvalue weighted by atomic mass is 32.1. The number of ether oxygens (including phenoxy) is 2. The second kappa shape index (κ2) is 8.70. The van der Waals surface area contributed by atoms with E-state index in [2.05, 4.69) is 5.32 Å². The van der Waals surface area contributed by atoms with Gasteiger partial charge < -0.3 is 14.8 Å². The molecule has 1 amide bonds. The van der Waals surface area contributed by atoms with Gasteiger partial charge in [-0.25, -0.2) is 0 Å². The number of thiophene rings is 1. The first kappa shape index (κ1) is 17.5. The summed E-state index contributed by atoms with van der Waals surface area (Å²) in [5, 5.41) is 13.5. The Labute approximate surface area is 143 Å². The monoisotopic (exact) mass is 344 g/mol.